The fraction of sp³-hybridized carbons (Fsp3) is 0.480. The van der Waals surface area contributed by atoms with Crippen molar-refractivity contribution in [1.82, 2.24) is 15.8 Å². The second-order valence-electron chi connectivity index (χ2n) is 9.48. The Labute approximate surface area is 207 Å². The molecule has 1 aliphatic heterocycles. The highest BCUT2D eigenvalue weighted by molar-refractivity contribution is 7.90. The second kappa shape index (κ2) is 10.8. The Morgan fingerprint density at radius 1 is 1.26 bits per heavy atom. The van der Waals surface area contributed by atoms with Crippen molar-refractivity contribution in [2.24, 2.45) is 10.1 Å². The molecule has 0 spiro atoms. The molecule has 0 radical (unpaired) electrons. The van der Waals surface area contributed by atoms with E-state index < -0.39 is 16.1 Å². The first-order valence-corrected chi connectivity index (χ1v) is 13.2. The number of ketones is 1. The third-order valence-corrected chi connectivity index (χ3v) is 7.86. The normalized spacial score (nSPS) is 15.9. The first-order chi connectivity index (χ1) is 16.4. The lowest BCUT2D eigenvalue weighted by atomic mass is 9.88. The summed E-state index contributed by atoms with van der Waals surface area (Å²) in [4.78, 5) is 16.5. The van der Waals surface area contributed by atoms with Crippen molar-refractivity contribution in [1.29, 1.82) is 0 Å². The smallest absolute Gasteiger partial charge is 0.284 e. The van der Waals surface area contributed by atoms with Gasteiger partial charge in [-0.15, -0.1) is 4.40 Å². The number of hydrogen-bond donors (Lipinski definition) is 3. The van der Waals surface area contributed by atoms with Crippen LogP contribution in [0.3, 0.4) is 0 Å². The molecule has 2 heterocycles. The second-order valence-corrected chi connectivity index (χ2v) is 11.1. The van der Waals surface area contributed by atoms with Crippen LogP contribution in [0.2, 0.25) is 0 Å². The molecule has 0 saturated heterocycles. The first-order valence-electron chi connectivity index (χ1n) is 11.7. The number of carbonyl (C=O) groups is 1. The first kappa shape index (κ1) is 26.8. The summed E-state index contributed by atoms with van der Waals surface area (Å²) in [6.07, 6.45) is 5.32. The molecule has 4 N–H and O–H groups in total. The van der Waals surface area contributed by atoms with Gasteiger partial charge >= 0.3 is 0 Å². The average molecular weight is 502 g/mol. The molecule has 3 rings (SSSR count). The molecule has 0 aliphatic carbocycles. The summed E-state index contributed by atoms with van der Waals surface area (Å²) in [6, 6.07) is 4.48. The Hall–Kier alpha value is -2.82. The molecule has 9 nitrogen and oxygen atoms in total. The van der Waals surface area contributed by atoms with Gasteiger partial charge in [0.05, 0.1) is 10.9 Å². The van der Waals surface area contributed by atoms with E-state index >= 15 is 0 Å². The summed E-state index contributed by atoms with van der Waals surface area (Å²) in [5.41, 5.74) is 14.7. The third kappa shape index (κ3) is 6.25. The van der Waals surface area contributed by atoms with Crippen LogP contribution in [0.1, 0.15) is 65.9 Å². The lowest BCUT2D eigenvalue weighted by Crippen LogP contribution is -2.35. The minimum absolute atomic E-state index is 0.203. The van der Waals surface area contributed by atoms with E-state index in [1.807, 2.05) is 27.7 Å². The number of benzene rings is 1. The minimum atomic E-state index is -3.91. The number of aromatic nitrogens is 1. The maximum atomic E-state index is 13.1. The van der Waals surface area contributed by atoms with Gasteiger partial charge in [-0.3, -0.25) is 9.78 Å². The van der Waals surface area contributed by atoms with Crippen molar-refractivity contribution in [2.75, 3.05) is 6.54 Å². The number of hydrogen-bond acceptors (Lipinski definition) is 7. The molecular formula is C25H35N5O4S. The number of nitrogens with two attached hydrogens (primary N) is 1. The summed E-state index contributed by atoms with van der Waals surface area (Å²) < 4.78 is 36.1. The van der Waals surface area contributed by atoms with Gasteiger partial charge in [0.15, 0.2) is 5.78 Å². The zero-order valence-corrected chi connectivity index (χ0v) is 21.8. The molecule has 0 amide bonds. The number of nitrogens with one attached hydrogen (secondary N) is 2. The number of ether oxygens (including phenoxy) is 1. The van der Waals surface area contributed by atoms with Crippen LogP contribution >= 0.6 is 0 Å². The maximum absolute atomic E-state index is 13.1. The number of pyridine rings is 1. The van der Waals surface area contributed by atoms with E-state index in [1.54, 1.807) is 31.3 Å². The monoisotopic (exact) mass is 501 g/mol. The van der Waals surface area contributed by atoms with E-state index in [0.29, 0.717) is 36.2 Å². The highest BCUT2D eigenvalue weighted by atomic mass is 32.2. The number of hydrazine groups is 1. The highest BCUT2D eigenvalue weighted by Gasteiger charge is 2.33. The Kier molecular flexibility index (Phi) is 8.30. The Balaban J connectivity index is 1.56. The fourth-order valence-corrected chi connectivity index (χ4v) is 5.59. The standard InChI is InChI=1S/C25H35N5O4S/c1-16-17(2)24(18(3)19-11-12-25(4,5)34-23(16)19)35(32,33)30-15-29-28-14-8-9-20(26)22(31)21-10-6-7-13-27-21/h6-7,10,13,15,20,28H,8-9,11-12,14,26H2,1-5H3,(H,29,30)/t20-/m1/s1. The van der Waals surface area contributed by atoms with Gasteiger partial charge in [-0.2, -0.15) is 8.42 Å². The topological polar surface area (TPSA) is 136 Å². The SMILES string of the molecule is Cc1c(C)c(S(=O)(=O)N=CNNCCC[C@@H](N)C(=O)c2ccccn2)c(C)c2c1OC(C)(C)CC2. The predicted molar refractivity (Wildman–Crippen MR) is 136 cm³/mol. The van der Waals surface area contributed by atoms with Gasteiger partial charge in [0, 0.05) is 12.7 Å². The fourth-order valence-electron chi connectivity index (χ4n) is 4.24. The highest BCUT2D eigenvalue weighted by Crippen LogP contribution is 2.42. The molecule has 1 aliphatic rings. The zero-order valence-electron chi connectivity index (χ0n) is 21.0. The maximum Gasteiger partial charge on any atom is 0.284 e. The minimum Gasteiger partial charge on any atom is -0.487 e. The quantitative estimate of drug-likeness (QED) is 0.149. The van der Waals surface area contributed by atoms with Gasteiger partial charge in [-0.25, -0.2) is 5.43 Å². The zero-order chi connectivity index (χ0) is 25.8. The number of sulfonamides is 1. The average Bonchev–Trinajstić information content (AvgIpc) is 2.81. The summed E-state index contributed by atoms with van der Waals surface area (Å²) in [6.45, 7) is 10.0. The van der Waals surface area contributed by atoms with Crippen LogP contribution in [0.4, 0.5) is 0 Å². The number of carbonyl (C=O) groups excluding carboxylic acids is 1. The van der Waals surface area contributed by atoms with Crippen molar-refractivity contribution in [3.05, 3.63) is 52.3 Å². The molecule has 1 atom stereocenters. The summed E-state index contributed by atoms with van der Waals surface area (Å²) in [5, 5.41) is 0. The van der Waals surface area contributed by atoms with Gasteiger partial charge in [-0.1, -0.05) is 6.07 Å². The Morgan fingerprint density at radius 3 is 2.69 bits per heavy atom. The largest absolute Gasteiger partial charge is 0.487 e. The summed E-state index contributed by atoms with van der Waals surface area (Å²) in [5.74, 6) is 0.588. The lowest BCUT2D eigenvalue weighted by Gasteiger charge is -2.35. The van der Waals surface area contributed by atoms with Gasteiger partial charge < -0.3 is 15.9 Å². The van der Waals surface area contributed by atoms with Crippen molar-refractivity contribution < 1.29 is 17.9 Å². The van der Waals surface area contributed by atoms with E-state index in [9.17, 15) is 13.2 Å². The third-order valence-electron chi connectivity index (χ3n) is 6.35. The van der Waals surface area contributed by atoms with Crippen LogP contribution in [-0.4, -0.2) is 43.7 Å². The van der Waals surface area contributed by atoms with E-state index in [-0.39, 0.29) is 16.3 Å². The van der Waals surface area contributed by atoms with E-state index in [2.05, 4.69) is 20.2 Å². The van der Waals surface area contributed by atoms with Crippen LogP contribution in [0, 0.1) is 20.8 Å². The van der Waals surface area contributed by atoms with Crippen LogP contribution in [-0.2, 0) is 16.4 Å². The van der Waals surface area contributed by atoms with E-state index in [4.69, 9.17) is 10.5 Å². The molecule has 0 fully saturated rings. The molecule has 2 aromatic rings. The van der Waals surface area contributed by atoms with Crippen molar-refractivity contribution >= 4 is 22.1 Å². The van der Waals surface area contributed by atoms with E-state index in [0.717, 1.165) is 36.1 Å². The Morgan fingerprint density at radius 2 is 2.00 bits per heavy atom. The van der Waals surface area contributed by atoms with Gasteiger partial charge in [0.1, 0.15) is 23.4 Å². The van der Waals surface area contributed by atoms with Crippen molar-refractivity contribution in [3.8, 4) is 5.75 Å². The van der Waals surface area contributed by atoms with Crippen molar-refractivity contribution in [3.63, 3.8) is 0 Å². The molecular weight excluding hydrogens is 466 g/mol. The number of nitrogens with zero attached hydrogens (tertiary/aromatic N) is 2. The summed E-state index contributed by atoms with van der Waals surface area (Å²) in [7, 11) is -3.91. The van der Waals surface area contributed by atoms with Crippen LogP contribution in [0.15, 0.2) is 33.7 Å². The number of fused-ring (bicyclic) bond motifs is 1. The Bertz CT molecular complexity index is 1210. The molecule has 190 valence electrons. The van der Waals surface area contributed by atoms with Gasteiger partial charge in [0.25, 0.3) is 10.0 Å². The number of rotatable bonds is 10. The van der Waals surface area contributed by atoms with Crippen LogP contribution in [0.25, 0.3) is 0 Å². The van der Waals surface area contributed by atoms with E-state index in [1.165, 1.54) is 0 Å². The van der Waals surface area contributed by atoms with Crippen LogP contribution in [0.5, 0.6) is 5.75 Å². The summed E-state index contributed by atoms with van der Waals surface area (Å²) >= 11 is 0. The van der Waals surface area contributed by atoms with Gasteiger partial charge in [-0.05, 0) is 94.7 Å². The molecule has 1 aromatic heterocycles. The lowest BCUT2D eigenvalue weighted by molar-refractivity contribution is 0.0831. The molecule has 10 heteroatoms. The predicted octanol–water partition coefficient (Wildman–Crippen LogP) is 2.91. The molecule has 0 unspecified atom stereocenters. The molecule has 35 heavy (non-hydrogen) atoms. The van der Waals surface area contributed by atoms with Gasteiger partial charge in [0.2, 0.25) is 0 Å². The molecule has 0 bridgehead atoms. The van der Waals surface area contributed by atoms with Crippen LogP contribution < -0.4 is 21.3 Å². The van der Waals surface area contributed by atoms with Crippen molar-refractivity contribution in [2.45, 2.75) is 76.8 Å². The number of Topliss-reactive ketones (excluding diaryl/α,β-unsaturated/α-hetero) is 1. The molecule has 0 saturated carbocycles. The molecule has 1 aromatic carbocycles.